The number of nitrogens with zero attached hydrogens (tertiary/aromatic N) is 2. The van der Waals surface area contributed by atoms with Crippen LogP contribution in [0.1, 0.15) is 19.4 Å². The van der Waals surface area contributed by atoms with Gasteiger partial charge < -0.3 is 10.1 Å². The maximum absolute atomic E-state index is 11.9. The van der Waals surface area contributed by atoms with E-state index in [0.29, 0.717) is 24.1 Å². The molecule has 1 atom stereocenters. The second-order valence-electron chi connectivity index (χ2n) is 5.06. The largest absolute Gasteiger partial charge is 0.383 e. The van der Waals surface area contributed by atoms with E-state index >= 15 is 0 Å². The molecule has 7 heteroatoms. The number of aromatic nitrogens is 3. The number of carbonyl (C=O) groups is 1. The lowest BCUT2D eigenvalue weighted by Crippen LogP contribution is -2.33. The lowest BCUT2D eigenvalue weighted by atomic mass is 10.1. The molecule has 23 heavy (non-hydrogen) atoms. The first-order chi connectivity index (χ1) is 11.1. The summed E-state index contributed by atoms with van der Waals surface area (Å²) < 4.78 is 4.91. The molecule has 0 spiro atoms. The summed E-state index contributed by atoms with van der Waals surface area (Å²) in [5, 5.41) is 10.2. The van der Waals surface area contributed by atoms with Gasteiger partial charge in [-0.3, -0.25) is 9.89 Å². The van der Waals surface area contributed by atoms with Crippen LogP contribution in [0.2, 0.25) is 0 Å². The summed E-state index contributed by atoms with van der Waals surface area (Å²) in [5.74, 6) is 0.660. The third-order valence-corrected chi connectivity index (χ3v) is 4.32. The van der Waals surface area contributed by atoms with Crippen molar-refractivity contribution in [2.75, 3.05) is 20.3 Å². The van der Waals surface area contributed by atoms with Crippen molar-refractivity contribution >= 4 is 17.7 Å². The van der Waals surface area contributed by atoms with Gasteiger partial charge in [-0.2, -0.15) is 0 Å². The molecule has 1 amide bonds. The van der Waals surface area contributed by atoms with Gasteiger partial charge in [-0.05, 0) is 18.9 Å². The van der Waals surface area contributed by atoms with E-state index in [-0.39, 0.29) is 11.2 Å². The van der Waals surface area contributed by atoms with Gasteiger partial charge in [0, 0.05) is 19.2 Å². The van der Waals surface area contributed by atoms with Crippen LogP contribution in [-0.2, 0) is 16.0 Å². The molecule has 0 unspecified atom stereocenters. The number of ether oxygens (including phenoxy) is 1. The van der Waals surface area contributed by atoms with Gasteiger partial charge in [-0.1, -0.05) is 43.0 Å². The van der Waals surface area contributed by atoms with Gasteiger partial charge in [-0.15, -0.1) is 5.10 Å². The van der Waals surface area contributed by atoms with Crippen LogP contribution < -0.4 is 5.32 Å². The van der Waals surface area contributed by atoms with E-state index in [1.165, 1.54) is 17.3 Å². The molecular weight excluding hydrogens is 312 g/mol. The molecule has 2 aromatic rings. The van der Waals surface area contributed by atoms with Crippen LogP contribution in [0.4, 0.5) is 0 Å². The zero-order chi connectivity index (χ0) is 16.7. The molecule has 2 rings (SSSR count). The zero-order valence-corrected chi connectivity index (χ0v) is 14.4. The Labute approximate surface area is 140 Å². The van der Waals surface area contributed by atoms with E-state index in [1.54, 1.807) is 7.11 Å². The predicted octanol–water partition coefficient (Wildman–Crippen LogP) is 2.28. The number of aryl methyl sites for hydroxylation is 1. The van der Waals surface area contributed by atoms with Gasteiger partial charge in [-0.25, -0.2) is 4.98 Å². The number of hydrogen-bond donors (Lipinski definition) is 2. The van der Waals surface area contributed by atoms with Gasteiger partial charge in [0.05, 0.1) is 11.9 Å². The quantitative estimate of drug-likeness (QED) is 0.572. The van der Waals surface area contributed by atoms with Crippen molar-refractivity contribution in [3.8, 4) is 11.4 Å². The molecule has 6 nitrogen and oxygen atoms in total. The lowest BCUT2D eigenvalue weighted by Gasteiger charge is -2.09. The van der Waals surface area contributed by atoms with E-state index in [4.69, 9.17) is 4.74 Å². The fraction of sp³-hybridized carbons (Fsp3) is 0.438. The number of H-pyrrole nitrogens is 1. The van der Waals surface area contributed by atoms with Crippen molar-refractivity contribution in [2.24, 2.45) is 0 Å². The smallest absolute Gasteiger partial charge is 0.233 e. The van der Waals surface area contributed by atoms with Gasteiger partial charge in [0.25, 0.3) is 0 Å². The average Bonchev–Trinajstić information content (AvgIpc) is 3.03. The first-order valence-electron chi connectivity index (χ1n) is 7.59. The molecule has 0 saturated carbocycles. The number of aromatic amines is 1. The maximum atomic E-state index is 11.9. The van der Waals surface area contributed by atoms with Crippen molar-refractivity contribution < 1.29 is 9.53 Å². The Morgan fingerprint density at radius 2 is 2.13 bits per heavy atom. The molecule has 0 aliphatic carbocycles. The summed E-state index contributed by atoms with van der Waals surface area (Å²) in [6.07, 6.45) is 1.01. The monoisotopic (exact) mass is 334 g/mol. The molecule has 1 aromatic carbocycles. The van der Waals surface area contributed by atoms with Crippen LogP contribution in [0.25, 0.3) is 11.4 Å². The Morgan fingerprint density at radius 3 is 2.78 bits per heavy atom. The number of amides is 1. The SMILES string of the molecule is CCc1ccc(-c2nc(S[C@@H](C)C(=O)NCCOC)n[nH]2)cc1. The second-order valence-corrected chi connectivity index (χ2v) is 6.37. The number of benzene rings is 1. The van der Waals surface area contributed by atoms with E-state index < -0.39 is 0 Å². The van der Waals surface area contributed by atoms with E-state index in [2.05, 4.69) is 39.6 Å². The maximum Gasteiger partial charge on any atom is 0.233 e. The number of nitrogens with one attached hydrogen (secondary N) is 2. The van der Waals surface area contributed by atoms with E-state index in [9.17, 15) is 4.79 Å². The summed E-state index contributed by atoms with van der Waals surface area (Å²) in [4.78, 5) is 16.4. The summed E-state index contributed by atoms with van der Waals surface area (Å²) in [6.45, 7) is 4.96. The van der Waals surface area contributed by atoms with Crippen molar-refractivity contribution in [2.45, 2.75) is 30.7 Å². The van der Waals surface area contributed by atoms with Gasteiger partial charge in [0.1, 0.15) is 0 Å². The fourth-order valence-corrected chi connectivity index (χ4v) is 2.71. The van der Waals surface area contributed by atoms with Crippen molar-refractivity contribution in [1.82, 2.24) is 20.5 Å². The molecule has 0 aliphatic heterocycles. The number of rotatable bonds is 8. The highest BCUT2D eigenvalue weighted by Gasteiger charge is 2.17. The summed E-state index contributed by atoms with van der Waals surface area (Å²) in [6, 6.07) is 8.20. The minimum Gasteiger partial charge on any atom is -0.383 e. The molecule has 1 heterocycles. The predicted molar refractivity (Wildman–Crippen MR) is 91.4 cm³/mol. The normalized spacial score (nSPS) is 12.1. The van der Waals surface area contributed by atoms with Crippen LogP contribution in [0, 0.1) is 0 Å². The Hall–Kier alpha value is -1.86. The average molecular weight is 334 g/mol. The second kappa shape index (κ2) is 8.69. The molecule has 0 aliphatic rings. The first-order valence-corrected chi connectivity index (χ1v) is 8.47. The third kappa shape index (κ3) is 5.07. The number of hydrogen-bond acceptors (Lipinski definition) is 5. The minimum absolute atomic E-state index is 0.0503. The number of thioether (sulfide) groups is 1. The van der Waals surface area contributed by atoms with Crippen LogP contribution >= 0.6 is 11.8 Å². The van der Waals surface area contributed by atoms with Crippen molar-refractivity contribution in [1.29, 1.82) is 0 Å². The highest BCUT2D eigenvalue weighted by atomic mass is 32.2. The Kier molecular flexibility index (Phi) is 6.61. The molecular formula is C16H22N4O2S. The molecule has 0 radical (unpaired) electrons. The van der Waals surface area contributed by atoms with Crippen molar-refractivity contribution in [3.63, 3.8) is 0 Å². The highest BCUT2D eigenvalue weighted by molar-refractivity contribution is 8.00. The molecule has 2 N–H and O–H groups in total. The standard InChI is InChI=1S/C16H22N4O2S/c1-4-12-5-7-13(8-6-12)14-18-16(20-19-14)23-11(2)15(21)17-9-10-22-3/h5-8,11H,4,9-10H2,1-3H3,(H,17,21)(H,18,19,20)/t11-/m0/s1. The summed E-state index contributed by atoms with van der Waals surface area (Å²) in [5.41, 5.74) is 2.27. The first kappa shape index (κ1) is 17.5. The Morgan fingerprint density at radius 1 is 1.39 bits per heavy atom. The van der Waals surface area contributed by atoms with Crippen LogP contribution in [0.3, 0.4) is 0 Å². The Balaban J connectivity index is 1.94. The van der Waals surface area contributed by atoms with Crippen LogP contribution in [0.5, 0.6) is 0 Å². The molecule has 0 bridgehead atoms. The minimum atomic E-state index is -0.266. The Bertz CT molecular complexity index is 627. The summed E-state index contributed by atoms with van der Waals surface area (Å²) in [7, 11) is 1.60. The van der Waals surface area contributed by atoms with E-state index in [1.807, 2.05) is 19.1 Å². The third-order valence-electron chi connectivity index (χ3n) is 3.36. The van der Waals surface area contributed by atoms with Crippen LogP contribution in [-0.4, -0.2) is 46.6 Å². The molecule has 124 valence electrons. The van der Waals surface area contributed by atoms with Gasteiger partial charge in [0.15, 0.2) is 5.82 Å². The number of methoxy groups -OCH3 is 1. The van der Waals surface area contributed by atoms with Crippen molar-refractivity contribution in [3.05, 3.63) is 29.8 Å². The molecule has 0 fully saturated rings. The lowest BCUT2D eigenvalue weighted by molar-refractivity contribution is -0.120. The van der Waals surface area contributed by atoms with Gasteiger partial charge in [0.2, 0.25) is 11.1 Å². The topological polar surface area (TPSA) is 79.9 Å². The molecule has 1 aromatic heterocycles. The van der Waals surface area contributed by atoms with Crippen LogP contribution in [0.15, 0.2) is 29.4 Å². The highest BCUT2D eigenvalue weighted by Crippen LogP contribution is 2.23. The van der Waals surface area contributed by atoms with E-state index in [0.717, 1.165) is 12.0 Å². The van der Waals surface area contributed by atoms with Gasteiger partial charge >= 0.3 is 0 Å². The fourth-order valence-electron chi connectivity index (χ4n) is 1.96. The summed E-state index contributed by atoms with van der Waals surface area (Å²) >= 11 is 1.33. The molecule has 0 saturated heterocycles. The number of carbonyl (C=O) groups excluding carboxylic acids is 1. The zero-order valence-electron chi connectivity index (χ0n) is 13.6.